The highest BCUT2D eigenvalue weighted by atomic mass is 16.7. The van der Waals surface area contributed by atoms with Crippen LogP contribution in [0.15, 0.2) is 11.6 Å². The highest BCUT2D eigenvalue weighted by Crippen LogP contribution is 2.35. The maximum atomic E-state index is 11.1. The van der Waals surface area contributed by atoms with Crippen molar-refractivity contribution in [2.45, 2.75) is 45.8 Å². The number of rotatable bonds is 7. The van der Waals surface area contributed by atoms with Crippen molar-refractivity contribution in [3.63, 3.8) is 0 Å². The van der Waals surface area contributed by atoms with E-state index in [1.165, 1.54) is 0 Å². The Kier molecular flexibility index (Phi) is 6.16. The second kappa shape index (κ2) is 7.40. The van der Waals surface area contributed by atoms with Gasteiger partial charge in [-0.2, -0.15) is 0 Å². The minimum Gasteiger partial charge on any atom is -0.478 e. The smallest absolute Gasteiger partial charge is 0.331 e. The van der Waals surface area contributed by atoms with E-state index < -0.39 is 17.4 Å². The van der Waals surface area contributed by atoms with E-state index >= 15 is 0 Å². The predicted molar refractivity (Wildman–Crippen MR) is 71.3 cm³/mol. The van der Waals surface area contributed by atoms with Crippen molar-refractivity contribution in [1.29, 1.82) is 0 Å². The van der Waals surface area contributed by atoms with Crippen molar-refractivity contribution in [2.75, 3.05) is 13.2 Å². The third kappa shape index (κ3) is 4.61. The van der Waals surface area contributed by atoms with Gasteiger partial charge in [0.15, 0.2) is 6.29 Å². The molecule has 0 atom stereocenters. The SMILES string of the molecule is CCCC1OCC(CC)(C/C(=C/C(=O)O)C(=O)O)CO1. The zero-order valence-corrected chi connectivity index (χ0v) is 11.9. The van der Waals surface area contributed by atoms with Gasteiger partial charge < -0.3 is 19.7 Å². The lowest BCUT2D eigenvalue weighted by Crippen LogP contribution is -2.42. The third-order valence-electron chi connectivity index (χ3n) is 3.56. The van der Waals surface area contributed by atoms with Gasteiger partial charge in [0.2, 0.25) is 0 Å². The topological polar surface area (TPSA) is 93.1 Å². The fourth-order valence-electron chi connectivity index (χ4n) is 2.20. The van der Waals surface area contributed by atoms with Crippen LogP contribution < -0.4 is 0 Å². The van der Waals surface area contributed by atoms with Gasteiger partial charge in [0.1, 0.15) is 0 Å². The molecule has 1 fully saturated rings. The first-order valence-electron chi connectivity index (χ1n) is 6.82. The summed E-state index contributed by atoms with van der Waals surface area (Å²) in [6.45, 7) is 4.73. The van der Waals surface area contributed by atoms with Crippen LogP contribution in [0.25, 0.3) is 0 Å². The summed E-state index contributed by atoms with van der Waals surface area (Å²) >= 11 is 0. The van der Waals surface area contributed by atoms with Crippen LogP contribution in [0.5, 0.6) is 0 Å². The number of carboxylic acids is 2. The van der Waals surface area contributed by atoms with E-state index in [2.05, 4.69) is 0 Å². The van der Waals surface area contributed by atoms with Gasteiger partial charge in [-0.15, -0.1) is 0 Å². The number of aliphatic carboxylic acids is 2. The molecule has 0 spiro atoms. The maximum absolute atomic E-state index is 11.1. The molecule has 0 aromatic rings. The standard InChI is InChI=1S/C14H22O6/c1-3-5-12-19-8-14(4-2,9-20-12)7-10(13(17)18)6-11(15)16/h6,12H,3-5,7-9H2,1-2H3,(H,15,16)(H,17,18)/b10-6-. The Balaban J connectivity index is 2.76. The largest absolute Gasteiger partial charge is 0.478 e. The van der Waals surface area contributed by atoms with E-state index in [0.29, 0.717) is 19.6 Å². The lowest BCUT2D eigenvalue weighted by molar-refractivity contribution is -0.232. The number of hydrogen-bond donors (Lipinski definition) is 2. The molecule has 20 heavy (non-hydrogen) atoms. The minimum absolute atomic E-state index is 0.125. The van der Waals surface area contributed by atoms with Gasteiger partial charge in [0.25, 0.3) is 0 Å². The molecule has 6 heteroatoms. The third-order valence-corrected chi connectivity index (χ3v) is 3.56. The maximum Gasteiger partial charge on any atom is 0.331 e. The first-order chi connectivity index (χ1) is 9.42. The van der Waals surface area contributed by atoms with Crippen LogP contribution in [0.3, 0.4) is 0 Å². The monoisotopic (exact) mass is 286 g/mol. The summed E-state index contributed by atoms with van der Waals surface area (Å²) in [5.74, 6) is -2.47. The number of hydrogen-bond acceptors (Lipinski definition) is 4. The van der Waals surface area contributed by atoms with Crippen molar-refractivity contribution >= 4 is 11.9 Å². The molecule has 0 amide bonds. The summed E-state index contributed by atoms with van der Waals surface area (Å²) in [5, 5.41) is 17.8. The Labute approximate surface area is 118 Å². The first-order valence-corrected chi connectivity index (χ1v) is 6.82. The molecule has 114 valence electrons. The van der Waals surface area contributed by atoms with Crippen molar-refractivity contribution in [3.8, 4) is 0 Å². The van der Waals surface area contributed by atoms with Crippen LogP contribution in [0.1, 0.15) is 39.5 Å². The van der Waals surface area contributed by atoms with Gasteiger partial charge in [-0.25, -0.2) is 9.59 Å². The molecule has 0 bridgehead atoms. The second-order valence-corrected chi connectivity index (χ2v) is 5.18. The van der Waals surface area contributed by atoms with Crippen LogP contribution in [0.4, 0.5) is 0 Å². The number of carbonyl (C=O) groups is 2. The summed E-state index contributed by atoms with van der Waals surface area (Å²) in [6.07, 6.45) is 3.05. The highest BCUT2D eigenvalue weighted by Gasteiger charge is 2.37. The Morgan fingerprint density at radius 1 is 1.25 bits per heavy atom. The van der Waals surface area contributed by atoms with Gasteiger partial charge in [-0.1, -0.05) is 20.3 Å². The van der Waals surface area contributed by atoms with Crippen LogP contribution in [-0.4, -0.2) is 41.7 Å². The fraction of sp³-hybridized carbons (Fsp3) is 0.714. The van der Waals surface area contributed by atoms with Crippen LogP contribution in [0.2, 0.25) is 0 Å². The van der Waals surface area contributed by atoms with Gasteiger partial charge in [-0.3, -0.25) is 0 Å². The Morgan fingerprint density at radius 2 is 1.85 bits per heavy atom. The van der Waals surface area contributed by atoms with Gasteiger partial charge in [-0.05, 0) is 19.3 Å². The fourth-order valence-corrected chi connectivity index (χ4v) is 2.20. The summed E-state index contributed by atoms with van der Waals surface area (Å²) in [6, 6.07) is 0. The van der Waals surface area contributed by atoms with Gasteiger partial charge in [0.05, 0.1) is 13.2 Å². The zero-order valence-electron chi connectivity index (χ0n) is 11.9. The van der Waals surface area contributed by atoms with E-state index in [1.807, 2.05) is 13.8 Å². The minimum atomic E-state index is -1.25. The lowest BCUT2D eigenvalue weighted by atomic mass is 9.79. The quantitative estimate of drug-likeness (QED) is 0.696. The van der Waals surface area contributed by atoms with Crippen molar-refractivity contribution in [1.82, 2.24) is 0 Å². The lowest BCUT2D eigenvalue weighted by Gasteiger charge is -2.39. The van der Waals surface area contributed by atoms with Gasteiger partial charge in [0, 0.05) is 17.1 Å². The average Bonchev–Trinajstić information content (AvgIpc) is 2.40. The molecule has 1 aliphatic rings. The van der Waals surface area contributed by atoms with Crippen molar-refractivity contribution in [2.24, 2.45) is 5.41 Å². The molecule has 0 aromatic carbocycles. The molecule has 6 nitrogen and oxygen atoms in total. The molecule has 0 unspecified atom stereocenters. The van der Waals surface area contributed by atoms with Gasteiger partial charge >= 0.3 is 11.9 Å². The zero-order chi connectivity index (χ0) is 15.2. The number of ether oxygens (including phenoxy) is 2. The average molecular weight is 286 g/mol. The van der Waals surface area contributed by atoms with E-state index in [4.69, 9.17) is 19.7 Å². The predicted octanol–water partition coefficient (Wildman–Crippen LogP) is 2.04. The molecule has 1 saturated heterocycles. The molecule has 1 aliphatic heterocycles. The summed E-state index contributed by atoms with van der Waals surface area (Å²) in [7, 11) is 0. The molecular formula is C14H22O6. The summed E-state index contributed by atoms with van der Waals surface area (Å²) in [5.41, 5.74) is -0.593. The van der Waals surface area contributed by atoms with Crippen LogP contribution in [0, 0.1) is 5.41 Å². The molecule has 0 aliphatic carbocycles. The highest BCUT2D eigenvalue weighted by molar-refractivity contribution is 5.94. The van der Waals surface area contributed by atoms with E-state index in [-0.39, 0.29) is 18.3 Å². The molecule has 0 saturated carbocycles. The Hall–Kier alpha value is -1.40. The Morgan fingerprint density at radius 3 is 2.25 bits per heavy atom. The normalized spacial score (nSPS) is 27.3. The van der Waals surface area contributed by atoms with Crippen LogP contribution >= 0.6 is 0 Å². The van der Waals surface area contributed by atoms with Crippen LogP contribution in [-0.2, 0) is 19.1 Å². The summed E-state index contributed by atoms with van der Waals surface area (Å²) in [4.78, 5) is 21.8. The molecule has 1 heterocycles. The van der Waals surface area contributed by atoms with Crippen molar-refractivity contribution in [3.05, 3.63) is 11.6 Å². The Bertz CT molecular complexity index is 379. The van der Waals surface area contributed by atoms with E-state index in [1.54, 1.807) is 0 Å². The molecule has 2 N–H and O–H groups in total. The van der Waals surface area contributed by atoms with Crippen molar-refractivity contribution < 1.29 is 29.3 Å². The number of carboxylic acid groups (broad SMARTS) is 2. The molecule has 0 radical (unpaired) electrons. The van der Waals surface area contributed by atoms with E-state index in [9.17, 15) is 9.59 Å². The first kappa shape index (κ1) is 16.7. The van der Waals surface area contributed by atoms with E-state index in [0.717, 1.165) is 18.9 Å². The molecule has 1 rings (SSSR count). The summed E-state index contributed by atoms with van der Waals surface area (Å²) < 4.78 is 11.2. The molecular weight excluding hydrogens is 264 g/mol. The molecule has 0 aromatic heterocycles. The second-order valence-electron chi connectivity index (χ2n) is 5.18.